The van der Waals surface area contributed by atoms with Gasteiger partial charge in [-0.05, 0) is 43.9 Å². The molecule has 1 aliphatic rings. The van der Waals surface area contributed by atoms with Crippen LogP contribution < -0.4 is 15.2 Å². The molecule has 1 aliphatic carbocycles. The molecule has 0 heterocycles. The number of carbonyl (C=O) groups excluding carboxylic acids is 1. The van der Waals surface area contributed by atoms with E-state index in [1.165, 1.54) is 0 Å². The molecule has 0 atom stereocenters. The predicted octanol–water partition coefficient (Wildman–Crippen LogP) is 2.16. The molecule has 2 N–H and O–H groups in total. The Kier molecular flexibility index (Phi) is 4.20. The van der Waals surface area contributed by atoms with Crippen molar-refractivity contribution >= 4 is 6.29 Å². The third-order valence-electron chi connectivity index (χ3n) is 3.34. The van der Waals surface area contributed by atoms with Gasteiger partial charge in [0.05, 0.1) is 13.2 Å². The van der Waals surface area contributed by atoms with E-state index in [0.29, 0.717) is 23.1 Å². The molecule has 0 amide bonds. The van der Waals surface area contributed by atoms with Crippen LogP contribution in [-0.2, 0) is 0 Å². The maximum atomic E-state index is 10.7. The molecular formula is C14H19NO3. The van der Waals surface area contributed by atoms with Crippen LogP contribution in [0.5, 0.6) is 11.5 Å². The van der Waals surface area contributed by atoms with Crippen molar-refractivity contribution in [1.82, 2.24) is 0 Å². The normalized spacial score (nSPS) is 23.4. The first-order chi connectivity index (χ1) is 8.72. The number of methoxy groups -OCH3 is 1. The Morgan fingerprint density at radius 1 is 1.22 bits per heavy atom. The van der Waals surface area contributed by atoms with Crippen molar-refractivity contribution in [2.24, 2.45) is 5.73 Å². The first-order valence-electron chi connectivity index (χ1n) is 6.28. The van der Waals surface area contributed by atoms with Gasteiger partial charge in [-0.3, -0.25) is 4.79 Å². The van der Waals surface area contributed by atoms with E-state index in [2.05, 4.69) is 0 Å². The molecule has 0 spiro atoms. The van der Waals surface area contributed by atoms with E-state index >= 15 is 0 Å². The van der Waals surface area contributed by atoms with E-state index in [1.54, 1.807) is 25.3 Å². The summed E-state index contributed by atoms with van der Waals surface area (Å²) in [6.07, 6.45) is 4.94. The second kappa shape index (κ2) is 5.87. The van der Waals surface area contributed by atoms with Crippen molar-refractivity contribution in [2.75, 3.05) is 7.11 Å². The van der Waals surface area contributed by atoms with E-state index in [4.69, 9.17) is 15.2 Å². The zero-order valence-electron chi connectivity index (χ0n) is 10.6. The number of nitrogens with two attached hydrogens (primary N) is 1. The summed E-state index contributed by atoms with van der Waals surface area (Å²) < 4.78 is 11.2. The van der Waals surface area contributed by atoms with Gasteiger partial charge in [0.25, 0.3) is 0 Å². The molecule has 2 rings (SSSR count). The summed E-state index contributed by atoms with van der Waals surface area (Å²) in [6.45, 7) is 0. The summed E-state index contributed by atoms with van der Waals surface area (Å²) in [6, 6.07) is 5.53. The molecule has 4 nitrogen and oxygen atoms in total. The molecule has 0 saturated heterocycles. The summed E-state index contributed by atoms with van der Waals surface area (Å²) in [5.74, 6) is 1.30. The van der Waals surface area contributed by atoms with Crippen molar-refractivity contribution in [3.05, 3.63) is 23.8 Å². The third-order valence-corrected chi connectivity index (χ3v) is 3.34. The maximum Gasteiger partial charge on any atom is 0.161 e. The molecule has 1 fully saturated rings. The zero-order valence-corrected chi connectivity index (χ0v) is 10.6. The molecule has 0 bridgehead atoms. The fraction of sp³-hybridized carbons (Fsp3) is 0.500. The Bertz CT molecular complexity index is 412. The Balaban J connectivity index is 2.06. The zero-order chi connectivity index (χ0) is 13.0. The molecule has 0 aromatic heterocycles. The minimum Gasteiger partial charge on any atom is -0.493 e. The average molecular weight is 249 g/mol. The second-order valence-electron chi connectivity index (χ2n) is 4.68. The average Bonchev–Trinajstić information content (AvgIpc) is 2.41. The van der Waals surface area contributed by atoms with Gasteiger partial charge in [-0.1, -0.05) is 0 Å². The summed E-state index contributed by atoms with van der Waals surface area (Å²) in [7, 11) is 1.58. The Hall–Kier alpha value is -1.55. The van der Waals surface area contributed by atoms with Crippen molar-refractivity contribution in [2.45, 2.75) is 37.8 Å². The van der Waals surface area contributed by atoms with Gasteiger partial charge < -0.3 is 15.2 Å². The third kappa shape index (κ3) is 3.01. The highest BCUT2D eigenvalue weighted by molar-refractivity contribution is 5.76. The number of ether oxygens (including phenoxy) is 2. The fourth-order valence-corrected chi connectivity index (χ4v) is 2.24. The highest BCUT2D eigenvalue weighted by Crippen LogP contribution is 2.31. The summed E-state index contributed by atoms with van der Waals surface area (Å²) in [5.41, 5.74) is 6.45. The largest absolute Gasteiger partial charge is 0.493 e. The minimum absolute atomic E-state index is 0.195. The van der Waals surface area contributed by atoms with Crippen LogP contribution in [0.15, 0.2) is 18.2 Å². The first kappa shape index (κ1) is 12.9. The summed E-state index contributed by atoms with van der Waals surface area (Å²) in [5, 5.41) is 0. The van der Waals surface area contributed by atoms with E-state index in [-0.39, 0.29) is 6.10 Å². The molecule has 0 aliphatic heterocycles. The van der Waals surface area contributed by atoms with Crippen LogP contribution in [0.3, 0.4) is 0 Å². The van der Waals surface area contributed by atoms with Crippen LogP contribution in [0, 0.1) is 0 Å². The van der Waals surface area contributed by atoms with Crippen LogP contribution in [0.2, 0.25) is 0 Å². The molecule has 0 radical (unpaired) electrons. The summed E-state index contributed by atoms with van der Waals surface area (Å²) in [4.78, 5) is 10.7. The lowest BCUT2D eigenvalue weighted by molar-refractivity contribution is 0.112. The SMILES string of the molecule is COc1cc(C=O)ccc1OC1CCC(N)CC1. The van der Waals surface area contributed by atoms with E-state index in [9.17, 15) is 4.79 Å². The highest BCUT2D eigenvalue weighted by Gasteiger charge is 2.21. The van der Waals surface area contributed by atoms with E-state index < -0.39 is 0 Å². The van der Waals surface area contributed by atoms with Gasteiger partial charge in [0.15, 0.2) is 11.5 Å². The lowest BCUT2D eigenvalue weighted by atomic mass is 9.94. The fourth-order valence-electron chi connectivity index (χ4n) is 2.24. The van der Waals surface area contributed by atoms with E-state index in [1.807, 2.05) is 0 Å². The number of benzene rings is 1. The van der Waals surface area contributed by atoms with Crippen LogP contribution in [0.4, 0.5) is 0 Å². The van der Waals surface area contributed by atoms with E-state index in [0.717, 1.165) is 32.0 Å². The smallest absolute Gasteiger partial charge is 0.161 e. The standard InChI is InChI=1S/C14H19NO3/c1-17-14-8-10(9-16)2-7-13(14)18-12-5-3-11(15)4-6-12/h2,7-9,11-12H,3-6,15H2,1H3. The van der Waals surface area contributed by atoms with Crippen LogP contribution in [0.1, 0.15) is 36.0 Å². The maximum absolute atomic E-state index is 10.7. The van der Waals surface area contributed by atoms with Crippen LogP contribution in [0.25, 0.3) is 0 Å². The van der Waals surface area contributed by atoms with Gasteiger partial charge in [0.1, 0.15) is 6.29 Å². The molecule has 4 heteroatoms. The molecule has 0 unspecified atom stereocenters. The summed E-state index contributed by atoms with van der Waals surface area (Å²) >= 11 is 0. The Morgan fingerprint density at radius 2 is 1.94 bits per heavy atom. The van der Waals surface area contributed by atoms with Crippen LogP contribution >= 0.6 is 0 Å². The quantitative estimate of drug-likeness (QED) is 0.831. The lowest BCUT2D eigenvalue weighted by Gasteiger charge is -2.27. The van der Waals surface area contributed by atoms with Gasteiger partial charge in [0, 0.05) is 11.6 Å². The van der Waals surface area contributed by atoms with Gasteiger partial charge in [-0.25, -0.2) is 0 Å². The van der Waals surface area contributed by atoms with Gasteiger partial charge >= 0.3 is 0 Å². The molecule has 98 valence electrons. The first-order valence-corrected chi connectivity index (χ1v) is 6.28. The number of aldehydes is 1. The molecule has 1 aromatic rings. The molecular weight excluding hydrogens is 230 g/mol. The van der Waals surface area contributed by atoms with Crippen molar-refractivity contribution in [1.29, 1.82) is 0 Å². The van der Waals surface area contributed by atoms with Gasteiger partial charge in [-0.2, -0.15) is 0 Å². The number of rotatable bonds is 4. The monoisotopic (exact) mass is 249 g/mol. The lowest BCUT2D eigenvalue weighted by Crippen LogP contribution is -2.31. The van der Waals surface area contributed by atoms with Crippen molar-refractivity contribution in [3.8, 4) is 11.5 Å². The topological polar surface area (TPSA) is 61.5 Å². The Morgan fingerprint density at radius 3 is 2.56 bits per heavy atom. The van der Waals surface area contributed by atoms with Crippen LogP contribution in [-0.4, -0.2) is 25.5 Å². The predicted molar refractivity (Wildman–Crippen MR) is 69.2 cm³/mol. The second-order valence-corrected chi connectivity index (χ2v) is 4.68. The van der Waals surface area contributed by atoms with Crippen molar-refractivity contribution in [3.63, 3.8) is 0 Å². The molecule has 1 saturated carbocycles. The Labute approximate surface area is 107 Å². The van der Waals surface area contributed by atoms with Crippen molar-refractivity contribution < 1.29 is 14.3 Å². The van der Waals surface area contributed by atoms with Gasteiger partial charge in [-0.15, -0.1) is 0 Å². The number of carbonyl (C=O) groups is 1. The molecule has 18 heavy (non-hydrogen) atoms. The highest BCUT2D eigenvalue weighted by atomic mass is 16.5. The number of hydrogen-bond donors (Lipinski definition) is 1. The van der Waals surface area contributed by atoms with Gasteiger partial charge in [0.2, 0.25) is 0 Å². The number of hydrogen-bond acceptors (Lipinski definition) is 4. The minimum atomic E-state index is 0.195. The molecule has 1 aromatic carbocycles.